The summed E-state index contributed by atoms with van der Waals surface area (Å²) in [6.07, 6.45) is 2.96. The first-order valence-electron chi connectivity index (χ1n) is 7.94. The molecule has 0 bridgehead atoms. The molecule has 0 unspecified atom stereocenters. The van der Waals surface area contributed by atoms with Gasteiger partial charge in [-0.05, 0) is 31.5 Å². The van der Waals surface area contributed by atoms with E-state index in [2.05, 4.69) is 50.4 Å². The molecular weight excluding hydrogens is 388 g/mol. The number of aliphatic imine (C=N–C) groups is 1. The number of nitrogens with zero attached hydrogens (tertiary/aromatic N) is 2. The molecule has 0 fully saturated rings. The van der Waals surface area contributed by atoms with Crippen molar-refractivity contribution in [2.75, 3.05) is 13.7 Å². The number of hydrogen-bond donors (Lipinski definition) is 2. The predicted octanol–water partition coefficient (Wildman–Crippen LogP) is 3.73. The molecule has 0 amide bonds. The summed E-state index contributed by atoms with van der Waals surface area (Å²) in [5.74, 6) is 1.61. The zero-order valence-electron chi connectivity index (χ0n) is 14.2. The normalized spacial score (nSPS) is 11.4. The zero-order chi connectivity index (χ0) is 17.4. The van der Waals surface area contributed by atoms with E-state index < -0.39 is 0 Å². The van der Waals surface area contributed by atoms with Crippen LogP contribution >= 0.6 is 27.3 Å². The van der Waals surface area contributed by atoms with Gasteiger partial charge in [0.15, 0.2) is 5.96 Å². The molecule has 0 aliphatic heterocycles. The molecule has 0 saturated heterocycles. The van der Waals surface area contributed by atoms with E-state index in [0.717, 1.165) is 39.7 Å². The van der Waals surface area contributed by atoms with Crippen LogP contribution < -0.4 is 15.4 Å². The minimum absolute atomic E-state index is 0.538. The summed E-state index contributed by atoms with van der Waals surface area (Å²) < 4.78 is 6.41. The first-order chi connectivity index (χ1) is 11.7. The molecule has 1 aromatic heterocycles. The third-order valence-electron chi connectivity index (χ3n) is 3.35. The molecule has 0 saturated carbocycles. The highest BCUT2D eigenvalue weighted by atomic mass is 79.9. The Balaban J connectivity index is 2.03. The maximum Gasteiger partial charge on any atom is 0.191 e. The van der Waals surface area contributed by atoms with Crippen molar-refractivity contribution in [1.29, 1.82) is 0 Å². The van der Waals surface area contributed by atoms with Crippen LogP contribution in [0.3, 0.4) is 0 Å². The minimum atomic E-state index is 0.538. The van der Waals surface area contributed by atoms with Crippen molar-refractivity contribution in [1.82, 2.24) is 15.6 Å². The van der Waals surface area contributed by atoms with Crippen molar-refractivity contribution in [2.24, 2.45) is 4.99 Å². The molecule has 0 radical (unpaired) electrons. The van der Waals surface area contributed by atoms with Gasteiger partial charge in [0, 0.05) is 27.7 Å². The lowest BCUT2D eigenvalue weighted by atomic mass is 10.2. The Morgan fingerprint density at radius 1 is 1.33 bits per heavy atom. The molecule has 2 aromatic rings. The lowest BCUT2D eigenvalue weighted by molar-refractivity contribution is 0.409. The van der Waals surface area contributed by atoms with Gasteiger partial charge < -0.3 is 15.4 Å². The number of aromatic nitrogens is 1. The van der Waals surface area contributed by atoms with Crippen molar-refractivity contribution in [3.05, 3.63) is 44.3 Å². The lowest BCUT2D eigenvalue weighted by Crippen LogP contribution is -2.36. The van der Waals surface area contributed by atoms with Crippen molar-refractivity contribution >= 4 is 33.2 Å². The summed E-state index contributed by atoms with van der Waals surface area (Å²) in [6.45, 7) is 6.21. The van der Waals surface area contributed by atoms with Gasteiger partial charge in [-0.25, -0.2) is 9.98 Å². The number of nitrogens with one attached hydrogen (secondary N) is 2. The molecule has 5 nitrogen and oxygen atoms in total. The van der Waals surface area contributed by atoms with E-state index in [1.54, 1.807) is 18.4 Å². The Bertz CT molecular complexity index is 687. The van der Waals surface area contributed by atoms with Crippen LogP contribution in [-0.4, -0.2) is 24.6 Å². The van der Waals surface area contributed by atoms with Crippen LogP contribution in [-0.2, 0) is 19.5 Å². The van der Waals surface area contributed by atoms with E-state index >= 15 is 0 Å². The highest BCUT2D eigenvalue weighted by Gasteiger charge is 2.05. The van der Waals surface area contributed by atoms with E-state index in [0.29, 0.717) is 13.1 Å². The first kappa shape index (κ1) is 18.7. The van der Waals surface area contributed by atoms with Crippen molar-refractivity contribution in [3.8, 4) is 5.75 Å². The monoisotopic (exact) mass is 410 g/mol. The quantitative estimate of drug-likeness (QED) is 0.539. The number of guanidine groups is 1. The number of methoxy groups -OCH3 is 1. The molecule has 130 valence electrons. The topological polar surface area (TPSA) is 58.5 Å². The second-order valence-electron chi connectivity index (χ2n) is 5.08. The maximum atomic E-state index is 5.40. The van der Waals surface area contributed by atoms with Crippen LogP contribution in [0.4, 0.5) is 0 Å². The number of rotatable bonds is 7. The van der Waals surface area contributed by atoms with Gasteiger partial charge in [0.2, 0.25) is 0 Å². The summed E-state index contributed by atoms with van der Waals surface area (Å²) in [4.78, 5) is 10.4. The van der Waals surface area contributed by atoms with Crippen LogP contribution in [0.25, 0.3) is 0 Å². The van der Waals surface area contributed by atoms with Gasteiger partial charge in [-0.2, -0.15) is 0 Å². The number of benzene rings is 1. The fourth-order valence-corrected chi connectivity index (χ4v) is 3.34. The second kappa shape index (κ2) is 9.64. The van der Waals surface area contributed by atoms with E-state index in [9.17, 15) is 0 Å². The molecule has 0 aliphatic carbocycles. The van der Waals surface area contributed by atoms with Crippen LogP contribution in [0.2, 0.25) is 0 Å². The standard InChI is InChI=1S/C17H23BrN4OS/c1-4-14-10-20-16(24-14)11-22-17(19-5-2)21-9-12-8-13(18)6-7-15(12)23-3/h6-8,10H,4-5,9,11H2,1-3H3,(H2,19,21,22). The summed E-state index contributed by atoms with van der Waals surface area (Å²) in [7, 11) is 1.67. The van der Waals surface area contributed by atoms with Gasteiger partial charge in [-0.15, -0.1) is 11.3 Å². The zero-order valence-corrected chi connectivity index (χ0v) is 16.6. The molecule has 1 aromatic carbocycles. The van der Waals surface area contributed by atoms with Gasteiger partial charge in [0.1, 0.15) is 10.8 Å². The number of halogens is 1. The third kappa shape index (κ3) is 5.49. The molecule has 2 rings (SSSR count). The second-order valence-corrected chi connectivity index (χ2v) is 7.19. The Morgan fingerprint density at radius 2 is 2.17 bits per heavy atom. The Morgan fingerprint density at radius 3 is 2.83 bits per heavy atom. The van der Waals surface area contributed by atoms with Crippen LogP contribution in [0.5, 0.6) is 5.75 Å². The maximum absolute atomic E-state index is 5.40. The predicted molar refractivity (Wildman–Crippen MR) is 104 cm³/mol. The summed E-state index contributed by atoms with van der Waals surface area (Å²) in [5.41, 5.74) is 1.03. The number of thiazole rings is 1. The van der Waals surface area contributed by atoms with Gasteiger partial charge in [0.25, 0.3) is 0 Å². The molecule has 0 aliphatic rings. The van der Waals surface area contributed by atoms with Gasteiger partial charge in [0.05, 0.1) is 20.2 Å². The Kier molecular flexibility index (Phi) is 7.52. The highest BCUT2D eigenvalue weighted by molar-refractivity contribution is 9.10. The van der Waals surface area contributed by atoms with E-state index in [1.807, 2.05) is 24.4 Å². The molecular formula is C17H23BrN4OS. The Hall–Kier alpha value is -1.60. The van der Waals surface area contributed by atoms with Crippen LogP contribution in [0.15, 0.2) is 33.9 Å². The summed E-state index contributed by atoms with van der Waals surface area (Å²) in [5, 5.41) is 7.66. The molecule has 7 heteroatoms. The van der Waals surface area contributed by atoms with Crippen LogP contribution in [0, 0.1) is 0 Å². The molecule has 1 heterocycles. The summed E-state index contributed by atoms with van der Waals surface area (Å²) >= 11 is 5.22. The average molecular weight is 411 g/mol. The van der Waals surface area contributed by atoms with Crippen molar-refractivity contribution in [2.45, 2.75) is 33.4 Å². The van der Waals surface area contributed by atoms with Crippen LogP contribution in [0.1, 0.15) is 29.3 Å². The number of hydrogen-bond acceptors (Lipinski definition) is 4. The van der Waals surface area contributed by atoms with Crippen molar-refractivity contribution < 1.29 is 4.74 Å². The van der Waals surface area contributed by atoms with E-state index in [-0.39, 0.29) is 0 Å². The number of aryl methyl sites for hydroxylation is 1. The fourth-order valence-electron chi connectivity index (χ4n) is 2.13. The fraction of sp³-hybridized carbons (Fsp3) is 0.412. The highest BCUT2D eigenvalue weighted by Crippen LogP contribution is 2.23. The van der Waals surface area contributed by atoms with E-state index in [1.165, 1.54) is 4.88 Å². The largest absolute Gasteiger partial charge is 0.496 e. The average Bonchev–Trinajstić information content (AvgIpc) is 3.05. The van der Waals surface area contributed by atoms with Crippen molar-refractivity contribution in [3.63, 3.8) is 0 Å². The van der Waals surface area contributed by atoms with Gasteiger partial charge in [-0.3, -0.25) is 0 Å². The lowest BCUT2D eigenvalue weighted by Gasteiger charge is -2.11. The van der Waals surface area contributed by atoms with Gasteiger partial charge >= 0.3 is 0 Å². The first-order valence-corrected chi connectivity index (χ1v) is 9.55. The molecule has 2 N–H and O–H groups in total. The van der Waals surface area contributed by atoms with Gasteiger partial charge in [-0.1, -0.05) is 22.9 Å². The molecule has 24 heavy (non-hydrogen) atoms. The SMILES string of the molecule is CCNC(=NCc1cc(Br)ccc1OC)NCc1ncc(CC)s1. The summed E-state index contributed by atoms with van der Waals surface area (Å²) in [6, 6.07) is 5.93. The van der Waals surface area contributed by atoms with E-state index in [4.69, 9.17) is 4.74 Å². The molecule has 0 spiro atoms. The third-order valence-corrected chi connectivity index (χ3v) is 4.99. The number of ether oxygens (including phenoxy) is 1. The smallest absolute Gasteiger partial charge is 0.191 e. The minimum Gasteiger partial charge on any atom is -0.496 e. The molecule has 0 atom stereocenters. The Labute approximate surface area is 155 Å².